The van der Waals surface area contributed by atoms with E-state index in [1.807, 2.05) is 0 Å². The molecule has 0 amide bonds. The third kappa shape index (κ3) is 3.50. The Balaban J connectivity index is 2.95. The van der Waals surface area contributed by atoms with Crippen LogP contribution >= 0.6 is 0 Å². The van der Waals surface area contributed by atoms with Gasteiger partial charge in [-0.3, -0.25) is 0 Å². The lowest BCUT2D eigenvalue weighted by molar-refractivity contribution is -0.137. The first kappa shape index (κ1) is 15.1. The summed E-state index contributed by atoms with van der Waals surface area (Å²) in [5, 5.41) is 0. The van der Waals surface area contributed by atoms with Gasteiger partial charge in [-0.25, -0.2) is 0 Å². The second-order valence-electron chi connectivity index (χ2n) is 5.09. The van der Waals surface area contributed by atoms with Crippen LogP contribution in [0.25, 0.3) is 0 Å². The zero-order valence-corrected chi connectivity index (χ0v) is 11.3. The molecule has 0 fully saturated rings. The lowest BCUT2D eigenvalue weighted by atomic mass is 9.76. The third-order valence-corrected chi connectivity index (χ3v) is 3.77. The molecule has 1 unspecified atom stereocenters. The Labute approximate surface area is 107 Å². The van der Waals surface area contributed by atoms with E-state index in [9.17, 15) is 13.2 Å². The summed E-state index contributed by atoms with van der Waals surface area (Å²) in [5.74, 6) is 0. The summed E-state index contributed by atoms with van der Waals surface area (Å²) < 4.78 is 37.5. The van der Waals surface area contributed by atoms with Gasteiger partial charge in [0.2, 0.25) is 0 Å². The largest absolute Gasteiger partial charge is 0.416 e. The minimum atomic E-state index is -4.25. The van der Waals surface area contributed by atoms with E-state index in [4.69, 9.17) is 0 Å². The van der Waals surface area contributed by atoms with Gasteiger partial charge in [-0.2, -0.15) is 13.2 Å². The molecule has 0 nitrogen and oxygen atoms in total. The highest BCUT2D eigenvalue weighted by Gasteiger charge is 2.31. The van der Waals surface area contributed by atoms with Crippen LogP contribution in [0.15, 0.2) is 24.3 Å². The molecule has 0 spiro atoms. The zero-order chi connectivity index (χ0) is 13.8. The Kier molecular flexibility index (Phi) is 4.83. The molecule has 0 aliphatic carbocycles. The van der Waals surface area contributed by atoms with Crippen molar-refractivity contribution >= 4 is 0 Å². The zero-order valence-electron chi connectivity index (χ0n) is 11.3. The van der Waals surface area contributed by atoms with Crippen molar-refractivity contribution in [2.24, 2.45) is 0 Å². The Morgan fingerprint density at radius 3 is 1.83 bits per heavy atom. The summed E-state index contributed by atoms with van der Waals surface area (Å²) in [5.41, 5.74) is 0.423. The van der Waals surface area contributed by atoms with Gasteiger partial charge >= 0.3 is 6.18 Å². The molecule has 0 aromatic heterocycles. The molecule has 102 valence electrons. The van der Waals surface area contributed by atoms with Crippen molar-refractivity contribution in [3.05, 3.63) is 35.4 Å². The maximum atomic E-state index is 12.5. The fourth-order valence-corrected chi connectivity index (χ4v) is 2.15. The maximum Gasteiger partial charge on any atom is 0.416 e. The van der Waals surface area contributed by atoms with Gasteiger partial charge in [0.05, 0.1) is 5.56 Å². The van der Waals surface area contributed by atoms with Crippen molar-refractivity contribution in [1.82, 2.24) is 0 Å². The van der Waals surface area contributed by atoms with E-state index in [-0.39, 0.29) is 5.41 Å². The summed E-state index contributed by atoms with van der Waals surface area (Å²) in [4.78, 5) is 0. The summed E-state index contributed by atoms with van der Waals surface area (Å²) in [6.45, 7) is 6.35. The number of hydrogen-bond acceptors (Lipinski definition) is 0. The van der Waals surface area contributed by atoms with Crippen LogP contribution in [0.1, 0.15) is 57.6 Å². The number of unbranched alkanes of at least 4 members (excludes halogenated alkanes) is 1. The molecular weight excluding hydrogens is 237 g/mol. The minimum absolute atomic E-state index is 0.0138. The maximum absolute atomic E-state index is 12.5. The van der Waals surface area contributed by atoms with Gasteiger partial charge in [0, 0.05) is 0 Å². The predicted octanol–water partition coefficient (Wildman–Crippen LogP) is 5.56. The molecule has 1 aromatic rings. The fourth-order valence-electron chi connectivity index (χ4n) is 2.15. The molecule has 18 heavy (non-hydrogen) atoms. The number of halogens is 3. The van der Waals surface area contributed by atoms with Crippen LogP contribution < -0.4 is 0 Å². The molecule has 1 rings (SSSR count). The van der Waals surface area contributed by atoms with E-state index in [0.29, 0.717) is 0 Å². The van der Waals surface area contributed by atoms with Crippen LogP contribution in [-0.4, -0.2) is 0 Å². The minimum Gasteiger partial charge on any atom is -0.166 e. The lowest BCUT2D eigenvalue weighted by Gasteiger charge is -2.29. The van der Waals surface area contributed by atoms with E-state index in [1.54, 1.807) is 12.1 Å². The molecular formula is C15H21F3. The summed E-state index contributed by atoms with van der Waals surface area (Å²) in [6.07, 6.45) is -0.0735. The average molecular weight is 258 g/mol. The number of alkyl halides is 3. The van der Waals surface area contributed by atoms with Crippen LogP contribution in [0, 0.1) is 0 Å². The van der Waals surface area contributed by atoms with Gasteiger partial charge in [-0.1, -0.05) is 45.7 Å². The Hall–Kier alpha value is -0.990. The Bertz CT molecular complexity index is 364. The Morgan fingerprint density at radius 1 is 0.944 bits per heavy atom. The second kappa shape index (κ2) is 5.77. The topological polar surface area (TPSA) is 0 Å². The van der Waals surface area contributed by atoms with Gasteiger partial charge in [-0.05, 0) is 36.0 Å². The highest BCUT2D eigenvalue weighted by molar-refractivity contribution is 5.30. The molecule has 1 atom stereocenters. The highest BCUT2D eigenvalue weighted by atomic mass is 19.4. The summed E-state index contributed by atoms with van der Waals surface area (Å²) in [6, 6.07) is 5.63. The van der Waals surface area contributed by atoms with Crippen molar-refractivity contribution < 1.29 is 13.2 Å². The van der Waals surface area contributed by atoms with Crippen LogP contribution in [0.4, 0.5) is 13.2 Å². The van der Waals surface area contributed by atoms with E-state index in [0.717, 1.165) is 31.2 Å². The molecule has 0 N–H and O–H groups in total. The first-order chi connectivity index (χ1) is 8.33. The number of benzene rings is 1. The van der Waals surface area contributed by atoms with E-state index in [1.165, 1.54) is 12.1 Å². The molecule has 3 heteroatoms. The molecule has 0 heterocycles. The standard InChI is InChI=1S/C15H21F3/c1-4-6-11-14(3,5-2)12-7-9-13(10-8-12)15(16,17)18/h7-10H,4-6,11H2,1-3H3. The van der Waals surface area contributed by atoms with Crippen LogP contribution in [0.3, 0.4) is 0 Å². The van der Waals surface area contributed by atoms with Crippen molar-refractivity contribution in [2.75, 3.05) is 0 Å². The van der Waals surface area contributed by atoms with E-state index < -0.39 is 11.7 Å². The monoisotopic (exact) mass is 258 g/mol. The summed E-state index contributed by atoms with van der Waals surface area (Å²) in [7, 11) is 0. The van der Waals surface area contributed by atoms with Crippen molar-refractivity contribution in [2.45, 2.75) is 58.0 Å². The van der Waals surface area contributed by atoms with Gasteiger partial charge < -0.3 is 0 Å². The fraction of sp³-hybridized carbons (Fsp3) is 0.600. The molecule has 1 aromatic carbocycles. The van der Waals surface area contributed by atoms with Crippen molar-refractivity contribution in [3.8, 4) is 0 Å². The molecule has 0 radical (unpaired) electrons. The normalized spacial score (nSPS) is 15.4. The first-order valence-corrected chi connectivity index (χ1v) is 6.51. The smallest absolute Gasteiger partial charge is 0.166 e. The van der Waals surface area contributed by atoms with Crippen LogP contribution in [-0.2, 0) is 11.6 Å². The van der Waals surface area contributed by atoms with E-state index in [2.05, 4.69) is 20.8 Å². The molecule has 0 aliphatic heterocycles. The predicted molar refractivity (Wildman–Crippen MR) is 68.6 cm³/mol. The number of rotatable bonds is 5. The van der Waals surface area contributed by atoms with Crippen molar-refractivity contribution in [3.63, 3.8) is 0 Å². The van der Waals surface area contributed by atoms with Gasteiger partial charge in [0.25, 0.3) is 0 Å². The lowest BCUT2D eigenvalue weighted by Crippen LogP contribution is -2.21. The highest BCUT2D eigenvalue weighted by Crippen LogP contribution is 2.35. The van der Waals surface area contributed by atoms with Crippen LogP contribution in [0.5, 0.6) is 0 Å². The summed E-state index contributed by atoms with van der Waals surface area (Å²) >= 11 is 0. The van der Waals surface area contributed by atoms with Crippen molar-refractivity contribution in [1.29, 1.82) is 0 Å². The third-order valence-electron chi connectivity index (χ3n) is 3.77. The van der Waals surface area contributed by atoms with Crippen LogP contribution in [0.2, 0.25) is 0 Å². The molecule has 0 saturated carbocycles. The average Bonchev–Trinajstić information content (AvgIpc) is 2.35. The van der Waals surface area contributed by atoms with Gasteiger partial charge in [-0.15, -0.1) is 0 Å². The Morgan fingerprint density at radius 2 is 1.44 bits per heavy atom. The number of hydrogen-bond donors (Lipinski definition) is 0. The quantitative estimate of drug-likeness (QED) is 0.648. The molecule has 0 bridgehead atoms. The second-order valence-corrected chi connectivity index (χ2v) is 5.09. The van der Waals surface area contributed by atoms with E-state index >= 15 is 0 Å². The SMILES string of the molecule is CCCCC(C)(CC)c1ccc(C(F)(F)F)cc1. The molecule has 0 aliphatic rings. The first-order valence-electron chi connectivity index (χ1n) is 6.51. The van der Waals surface area contributed by atoms with Gasteiger partial charge in [0.1, 0.15) is 0 Å². The molecule has 0 saturated heterocycles. The van der Waals surface area contributed by atoms with Gasteiger partial charge in [0.15, 0.2) is 0 Å².